The third-order valence-corrected chi connectivity index (χ3v) is 5.95. The maximum Gasteiger partial charge on any atom is 0.353 e. The number of carboxylic acids is 1. The molecule has 0 radical (unpaired) electrons. The van der Waals surface area contributed by atoms with Gasteiger partial charge in [0.1, 0.15) is 11.5 Å². The molecule has 24 heavy (non-hydrogen) atoms. The van der Waals surface area contributed by atoms with E-state index in [0.717, 1.165) is 11.5 Å². The van der Waals surface area contributed by atoms with Gasteiger partial charge in [-0.3, -0.25) is 4.79 Å². The number of carbonyl (C=O) groups excluding carboxylic acids is 1. The zero-order valence-corrected chi connectivity index (χ0v) is 14.6. The number of aliphatic hydroxyl groups excluding tert-OH is 1. The van der Waals surface area contributed by atoms with Crippen molar-refractivity contribution in [1.82, 2.24) is 14.9 Å². The molecular formula is C16H21N3O4S. The average Bonchev–Trinajstić information content (AvgIpc) is 3.00. The molecule has 0 unspecified atom stereocenters. The normalized spacial score (nSPS) is 27.2. The largest absolute Gasteiger partial charge is 0.477 e. The molecule has 3 N–H and O–H groups in total. The van der Waals surface area contributed by atoms with Gasteiger partial charge in [0, 0.05) is 34.9 Å². The van der Waals surface area contributed by atoms with Gasteiger partial charge in [-0.1, -0.05) is 6.92 Å². The summed E-state index contributed by atoms with van der Waals surface area (Å²) in [6, 6.07) is -0.253. The highest BCUT2D eigenvalue weighted by Gasteiger charge is 2.59. The van der Waals surface area contributed by atoms with Gasteiger partial charge in [-0.25, -0.2) is 9.78 Å². The van der Waals surface area contributed by atoms with Gasteiger partial charge in [0.05, 0.1) is 18.1 Å². The minimum absolute atomic E-state index is 0.0787. The van der Waals surface area contributed by atoms with Crippen LogP contribution in [0.2, 0.25) is 0 Å². The molecule has 1 aromatic heterocycles. The standard InChI is InChI=1S/C16H21N3O4S/c1-7-6-17-10(18-7)4-5-24-14-8(2)12-11(9(3)20)15(21)19(12)13(14)16(22)23/h6,8-9,11-12,20H,4-5H2,1-3H3,(H,17,18)(H,22,23)/t8-,9-,11-,12-/m1/s1. The second kappa shape index (κ2) is 6.25. The van der Waals surface area contributed by atoms with E-state index in [-0.39, 0.29) is 23.6 Å². The molecule has 1 amide bonds. The topological polar surface area (TPSA) is 107 Å². The van der Waals surface area contributed by atoms with Gasteiger partial charge < -0.3 is 20.1 Å². The van der Waals surface area contributed by atoms with E-state index in [9.17, 15) is 19.8 Å². The molecule has 2 aliphatic heterocycles. The van der Waals surface area contributed by atoms with Crippen molar-refractivity contribution in [3.05, 3.63) is 28.3 Å². The summed E-state index contributed by atoms with van der Waals surface area (Å²) in [5.74, 6) is -0.437. The summed E-state index contributed by atoms with van der Waals surface area (Å²) in [4.78, 5) is 33.4. The number of H-pyrrole nitrogens is 1. The second-order valence-corrected chi connectivity index (χ2v) is 7.52. The van der Waals surface area contributed by atoms with E-state index < -0.39 is 18.0 Å². The molecule has 4 atom stereocenters. The van der Waals surface area contributed by atoms with Crippen LogP contribution in [0.1, 0.15) is 25.4 Å². The van der Waals surface area contributed by atoms with Crippen molar-refractivity contribution in [3.63, 3.8) is 0 Å². The van der Waals surface area contributed by atoms with Gasteiger partial charge in [-0.2, -0.15) is 0 Å². The molecule has 3 rings (SSSR count). The van der Waals surface area contributed by atoms with E-state index in [1.165, 1.54) is 16.7 Å². The molecule has 1 fully saturated rings. The molecule has 0 saturated carbocycles. The number of aliphatic carboxylic acids is 1. The number of aromatic amines is 1. The fourth-order valence-electron chi connectivity index (χ4n) is 3.57. The predicted octanol–water partition coefficient (Wildman–Crippen LogP) is 1.15. The van der Waals surface area contributed by atoms with Crippen molar-refractivity contribution in [2.75, 3.05) is 5.75 Å². The van der Waals surface area contributed by atoms with Crippen LogP contribution in [-0.4, -0.2) is 54.9 Å². The molecule has 130 valence electrons. The predicted molar refractivity (Wildman–Crippen MR) is 89.1 cm³/mol. The van der Waals surface area contributed by atoms with Crippen molar-refractivity contribution in [3.8, 4) is 0 Å². The van der Waals surface area contributed by atoms with Gasteiger partial charge in [0.2, 0.25) is 5.91 Å². The summed E-state index contributed by atoms with van der Waals surface area (Å²) in [6.45, 7) is 5.44. The summed E-state index contributed by atoms with van der Waals surface area (Å²) < 4.78 is 0. The highest BCUT2D eigenvalue weighted by atomic mass is 32.2. The minimum Gasteiger partial charge on any atom is -0.477 e. The van der Waals surface area contributed by atoms with Gasteiger partial charge in [0.25, 0.3) is 0 Å². The molecule has 2 aliphatic rings. The van der Waals surface area contributed by atoms with E-state index in [1.807, 2.05) is 13.8 Å². The van der Waals surface area contributed by atoms with E-state index in [1.54, 1.807) is 13.1 Å². The van der Waals surface area contributed by atoms with Crippen LogP contribution in [0.25, 0.3) is 0 Å². The second-order valence-electron chi connectivity index (χ2n) is 6.38. The SMILES string of the molecule is Cc1cnc(CCSC2=C(C(=O)O)N3C(=O)[C@H]([C@@H](C)O)[C@H]3[C@H]2C)[nH]1. The van der Waals surface area contributed by atoms with Gasteiger partial charge in [-0.15, -0.1) is 11.8 Å². The van der Waals surface area contributed by atoms with Crippen molar-refractivity contribution < 1.29 is 19.8 Å². The van der Waals surface area contributed by atoms with Crippen LogP contribution in [0.3, 0.4) is 0 Å². The number of amides is 1. The first-order valence-corrected chi connectivity index (χ1v) is 8.93. The maximum absolute atomic E-state index is 12.2. The first kappa shape index (κ1) is 17.0. The minimum atomic E-state index is -1.09. The lowest BCUT2D eigenvalue weighted by Crippen LogP contribution is -2.63. The Hall–Kier alpha value is -1.80. The highest BCUT2D eigenvalue weighted by molar-refractivity contribution is 8.03. The number of nitrogens with one attached hydrogen (secondary N) is 1. The first-order chi connectivity index (χ1) is 11.3. The van der Waals surface area contributed by atoms with Crippen LogP contribution >= 0.6 is 11.8 Å². The van der Waals surface area contributed by atoms with Crippen LogP contribution in [0.5, 0.6) is 0 Å². The number of β-lactam (4-membered cyclic amide) rings is 1. The molecule has 1 saturated heterocycles. The van der Waals surface area contributed by atoms with Crippen LogP contribution in [0.15, 0.2) is 16.8 Å². The lowest BCUT2D eigenvalue weighted by atomic mass is 9.79. The van der Waals surface area contributed by atoms with Crippen LogP contribution in [0.4, 0.5) is 0 Å². The Morgan fingerprint density at radius 1 is 1.54 bits per heavy atom. The lowest BCUT2D eigenvalue weighted by Gasteiger charge is -2.46. The third kappa shape index (κ3) is 2.63. The number of carbonyl (C=O) groups is 2. The van der Waals surface area contributed by atoms with E-state index in [2.05, 4.69) is 9.97 Å². The number of carboxylic acid groups (broad SMARTS) is 1. The van der Waals surface area contributed by atoms with Crippen molar-refractivity contribution in [2.45, 2.75) is 39.3 Å². The summed E-state index contributed by atoms with van der Waals surface area (Å²) in [6.07, 6.45) is 1.68. The molecule has 8 heteroatoms. The number of hydrogen-bond acceptors (Lipinski definition) is 5. The number of hydrogen-bond donors (Lipinski definition) is 3. The van der Waals surface area contributed by atoms with Gasteiger partial charge in [0.15, 0.2) is 0 Å². The number of nitrogens with zero attached hydrogens (tertiary/aromatic N) is 2. The van der Waals surface area contributed by atoms with Crippen molar-refractivity contribution in [2.24, 2.45) is 11.8 Å². The lowest BCUT2D eigenvalue weighted by molar-refractivity contribution is -0.163. The van der Waals surface area contributed by atoms with Gasteiger partial charge >= 0.3 is 5.97 Å². The molecule has 3 heterocycles. The van der Waals surface area contributed by atoms with Gasteiger partial charge in [-0.05, 0) is 13.8 Å². The third-order valence-electron chi connectivity index (χ3n) is 4.66. The smallest absolute Gasteiger partial charge is 0.353 e. The monoisotopic (exact) mass is 351 g/mol. The van der Waals surface area contributed by atoms with Crippen LogP contribution < -0.4 is 0 Å². The zero-order chi connectivity index (χ0) is 17.6. The maximum atomic E-state index is 12.2. The number of aromatic nitrogens is 2. The highest BCUT2D eigenvalue weighted by Crippen LogP contribution is 2.50. The summed E-state index contributed by atoms with van der Waals surface area (Å²) in [5.41, 5.74) is 1.07. The Bertz CT molecular complexity index is 712. The first-order valence-electron chi connectivity index (χ1n) is 7.94. The molecular weight excluding hydrogens is 330 g/mol. The Labute approximate surface area is 144 Å². The van der Waals surface area contributed by atoms with E-state index in [4.69, 9.17) is 0 Å². The average molecular weight is 351 g/mol. The fourth-order valence-corrected chi connectivity index (χ4v) is 4.81. The molecule has 0 bridgehead atoms. The number of fused-ring (bicyclic) bond motifs is 1. The Morgan fingerprint density at radius 3 is 2.79 bits per heavy atom. The number of thioether (sulfide) groups is 1. The quantitative estimate of drug-likeness (QED) is 0.664. The summed E-state index contributed by atoms with van der Waals surface area (Å²) in [7, 11) is 0. The Balaban J connectivity index is 1.75. The molecule has 0 spiro atoms. The number of imidazole rings is 1. The number of aryl methyl sites for hydroxylation is 2. The van der Waals surface area contributed by atoms with Crippen molar-refractivity contribution >= 4 is 23.6 Å². The molecule has 1 aromatic rings. The van der Waals surface area contributed by atoms with E-state index >= 15 is 0 Å². The zero-order valence-electron chi connectivity index (χ0n) is 13.8. The summed E-state index contributed by atoms with van der Waals surface area (Å²) >= 11 is 1.46. The van der Waals surface area contributed by atoms with Crippen LogP contribution in [-0.2, 0) is 16.0 Å². The summed E-state index contributed by atoms with van der Waals surface area (Å²) in [5, 5.41) is 19.4. The molecule has 0 aliphatic carbocycles. The van der Waals surface area contributed by atoms with E-state index in [0.29, 0.717) is 17.1 Å². The molecule has 0 aromatic carbocycles. The number of rotatable bonds is 6. The molecule has 7 nitrogen and oxygen atoms in total. The number of aliphatic hydroxyl groups is 1. The van der Waals surface area contributed by atoms with Crippen LogP contribution in [0, 0.1) is 18.8 Å². The Kier molecular flexibility index (Phi) is 4.44. The Morgan fingerprint density at radius 2 is 2.25 bits per heavy atom. The van der Waals surface area contributed by atoms with Crippen molar-refractivity contribution in [1.29, 1.82) is 0 Å². The fraction of sp³-hybridized carbons (Fsp3) is 0.562.